The highest BCUT2D eigenvalue weighted by molar-refractivity contribution is 5.93. The highest BCUT2D eigenvalue weighted by Crippen LogP contribution is 2.42. The molecule has 0 aliphatic carbocycles. The molecule has 4 N–H and O–H groups in total. The number of rotatable bonds is 7. The van der Waals surface area contributed by atoms with Crippen LogP contribution in [0.4, 0.5) is 0 Å². The van der Waals surface area contributed by atoms with Crippen molar-refractivity contribution in [2.75, 3.05) is 13.7 Å². The molecule has 0 bridgehead atoms. The summed E-state index contributed by atoms with van der Waals surface area (Å²) in [5, 5.41) is 22.3. The number of ether oxygens (including phenoxy) is 2. The number of amides is 1. The van der Waals surface area contributed by atoms with E-state index in [1.165, 1.54) is 11.7 Å². The van der Waals surface area contributed by atoms with Crippen LogP contribution in [-0.4, -0.2) is 34.4 Å². The number of carbonyl (C=O) groups excluding carboxylic acids is 1. The second-order valence-corrected chi connectivity index (χ2v) is 6.09. The summed E-state index contributed by atoms with van der Waals surface area (Å²) in [7, 11) is 1.54. The smallest absolute Gasteiger partial charge is 0.219 e. The Morgan fingerprint density at radius 2 is 1.74 bits per heavy atom. The number of hydrogen-bond donors (Lipinski definition) is 3. The Morgan fingerprint density at radius 3 is 2.26 bits per heavy atom. The molecule has 0 saturated heterocycles. The largest absolute Gasteiger partial charge is 0.494 e. The number of aromatic nitrogens is 1. The van der Waals surface area contributed by atoms with Gasteiger partial charge in [-0.2, -0.15) is 0 Å². The van der Waals surface area contributed by atoms with Crippen LogP contribution in [0.3, 0.4) is 0 Å². The van der Waals surface area contributed by atoms with E-state index in [1.807, 2.05) is 6.92 Å². The highest BCUT2D eigenvalue weighted by Gasteiger charge is 2.26. The molecule has 3 aromatic rings. The number of nitrogens with two attached hydrogens (primary N) is 1. The summed E-state index contributed by atoms with van der Waals surface area (Å²) in [5.41, 5.74) is 6.09. The molecule has 27 heavy (non-hydrogen) atoms. The van der Waals surface area contributed by atoms with E-state index in [2.05, 4.69) is 0 Å². The van der Waals surface area contributed by atoms with Gasteiger partial charge in [0.2, 0.25) is 17.7 Å². The van der Waals surface area contributed by atoms with E-state index in [1.54, 1.807) is 42.5 Å². The summed E-state index contributed by atoms with van der Waals surface area (Å²) >= 11 is 0. The Labute approximate surface area is 156 Å². The maximum atomic E-state index is 11.7. The van der Waals surface area contributed by atoms with Gasteiger partial charge in [0.15, 0.2) is 11.5 Å². The van der Waals surface area contributed by atoms with Gasteiger partial charge >= 0.3 is 0 Å². The molecule has 2 aromatic carbocycles. The van der Waals surface area contributed by atoms with Crippen molar-refractivity contribution in [3.63, 3.8) is 0 Å². The third-order valence-corrected chi connectivity index (χ3v) is 4.44. The van der Waals surface area contributed by atoms with Crippen molar-refractivity contribution in [3.8, 4) is 23.3 Å². The molecular weight excluding hydrogens is 348 g/mol. The number of fused-ring (bicyclic) bond motifs is 1. The Bertz CT molecular complexity index is 941. The van der Waals surface area contributed by atoms with E-state index < -0.39 is 11.9 Å². The Hall–Kier alpha value is -3.35. The number of hydrogen-bond acceptors (Lipinski definition) is 5. The molecule has 142 valence electrons. The van der Waals surface area contributed by atoms with Gasteiger partial charge in [0.05, 0.1) is 26.2 Å². The molecule has 0 aliphatic rings. The van der Waals surface area contributed by atoms with Gasteiger partial charge in [0.25, 0.3) is 0 Å². The topological polar surface area (TPSA) is 107 Å². The molecule has 1 amide bonds. The first kappa shape index (κ1) is 18.4. The van der Waals surface area contributed by atoms with Crippen LogP contribution in [0.15, 0.2) is 42.5 Å². The molecular formula is C20H22N2O5. The van der Waals surface area contributed by atoms with E-state index >= 15 is 0 Å². The van der Waals surface area contributed by atoms with Gasteiger partial charge in [-0.25, -0.2) is 0 Å². The molecule has 0 fully saturated rings. The number of carbonyl (C=O) groups is 1. The van der Waals surface area contributed by atoms with Crippen molar-refractivity contribution in [1.29, 1.82) is 0 Å². The first-order valence-electron chi connectivity index (χ1n) is 8.57. The fraction of sp³-hybridized carbons (Fsp3) is 0.250. The molecule has 1 heterocycles. The summed E-state index contributed by atoms with van der Waals surface area (Å²) in [6.45, 7) is 2.29. The lowest BCUT2D eigenvalue weighted by Crippen LogP contribution is -2.20. The number of benzene rings is 2. The predicted octanol–water partition coefficient (Wildman–Crippen LogP) is 2.92. The zero-order valence-corrected chi connectivity index (χ0v) is 15.2. The summed E-state index contributed by atoms with van der Waals surface area (Å²) in [6, 6.07) is 11.4. The molecule has 7 heteroatoms. The van der Waals surface area contributed by atoms with E-state index in [0.29, 0.717) is 34.4 Å². The lowest BCUT2D eigenvalue weighted by atomic mass is 10.0. The SMILES string of the molecule is CCOc1cc(C(CC(N)=O)n2c(O)c3ccccc3c2O)ccc1OC. The van der Waals surface area contributed by atoms with Gasteiger partial charge in [-0.1, -0.05) is 18.2 Å². The van der Waals surface area contributed by atoms with Crippen molar-refractivity contribution in [2.24, 2.45) is 5.73 Å². The monoisotopic (exact) mass is 370 g/mol. The van der Waals surface area contributed by atoms with Gasteiger partial charge < -0.3 is 25.4 Å². The minimum atomic E-state index is -0.708. The van der Waals surface area contributed by atoms with Crippen LogP contribution in [0.2, 0.25) is 0 Å². The minimum Gasteiger partial charge on any atom is -0.494 e. The van der Waals surface area contributed by atoms with Gasteiger partial charge in [-0.3, -0.25) is 9.36 Å². The molecule has 3 rings (SSSR count). The Balaban J connectivity index is 2.19. The summed E-state index contributed by atoms with van der Waals surface area (Å²) in [5.74, 6) is 0.212. The average Bonchev–Trinajstić information content (AvgIpc) is 2.91. The zero-order valence-electron chi connectivity index (χ0n) is 15.2. The molecule has 0 aliphatic heterocycles. The first-order chi connectivity index (χ1) is 13.0. The van der Waals surface area contributed by atoms with Crippen LogP contribution in [0.25, 0.3) is 10.8 Å². The lowest BCUT2D eigenvalue weighted by Gasteiger charge is -2.21. The standard InChI is InChI=1S/C20H22N2O5/c1-3-27-17-10-12(8-9-16(17)26-2)15(11-18(21)23)22-19(24)13-6-4-5-7-14(13)20(22)25/h4-10,15,24-25H,3,11H2,1-2H3,(H2,21,23). The first-order valence-corrected chi connectivity index (χ1v) is 8.57. The van der Waals surface area contributed by atoms with Gasteiger partial charge in [-0.05, 0) is 36.8 Å². The number of nitrogens with zero attached hydrogens (tertiary/aromatic N) is 1. The van der Waals surface area contributed by atoms with Crippen molar-refractivity contribution >= 4 is 16.7 Å². The van der Waals surface area contributed by atoms with Crippen LogP contribution in [0, 0.1) is 0 Å². The molecule has 1 atom stereocenters. The molecule has 0 radical (unpaired) electrons. The fourth-order valence-corrected chi connectivity index (χ4v) is 3.25. The Kier molecular flexibility index (Phi) is 5.12. The van der Waals surface area contributed by atoms with Crippen molar-refractivity contribution in [3.05, 3.63) is 48.0 Å². The van der Waals surface area contributed by atoms with Crippen molar-refractivity contribution < 1.29 is 24.5 Å². The van der Waals surface area contributed by atoms with Gasteiger partial charge in [-0.15, -0.1) is 0 Å². The summed E-state index contributed by atoms with van der Waals surface area (Å²) in [6.07, 6.45) is -0.111. The highest BCUT2D eigenvalue weighted by atomic mass is 16.5. The molecule has 1 aromatic heterocycles. The van der Waals surface area contributed by atoms with Crippen molar-refractivity contribution in [1.82, 2.24) is 4.57 Å². The molecule has 0 saturated carbocycles. The quantitative estimate of drug-likeness (QED) is 0.593. The maximum absolute atomic E-state index is 11.7. The fourth-order valence-electron chi connectivity index (χ4n) is 3.25. The molecule has 7 nitrogen and oxygen atoms in total. The number of aromatic hydroxyl groups is 2. The Morgan fingerprint density at radius 1 is 1.11 bits per heavy atom. The van der Waals surface area contributed by atoms with Crippen LogP contribution >= 0.6 is 0 Å². The van der Waals surface area contributed by atoms with Gasteiger partial charge in [0, 0.05) is 10.8 Å². The van der Waals surface area contributed by atoms with Crippen LogP contribution in [0.5, 0.6) is 23.3 Å². The lowest BCUT2D eigenvalue weighted by molar-refractivity contribution is -0.118. The number of primary amides is 1. The third kappa shape index (κ3) is 3.36. The maximum Gasteiger partial charge on any atom is 0.219 e. The summed E-state index contributed by atoms with van der Waals surface area (Å²) in [4.78, 5) is 11.7. The number of methoxy groups -OCH3 is 1. The van der Waals surface area contributed by atoms with E-state index in [0.717, 1.165) is 0 Å². The van der Waals surface area contributed by atoms with E-state index in [9.17, 15) is 15.0 Å². The van der Waals surface area contributed by atoms with Crippen LogP contribution < -0.4 is 15.2 Å². The summed E-state index contributed by atoms with van der Waals surface area (Å²) < 4.78 is 12.2. The third-order valence-electron chi connectivity index (χ3n) is 4.44. The van der Waals surface area contributed by atoms with E-state index in [4.69, 9.17) is 15.2 Å². The molecule has 1 unspecified atom stereocenters. The van der Waals surface area contributed by atoms with Crippen LogP contribution in [0.1, 0.15) is 24.9 Å². The van der Waals surface area contributed by atoms with Crippen molar-refractivity contribution in [2.45, 2.75) is 19.4 Å². The second-order valence-electron chi connectivity index (χ2n) is 6.09. The normalized spacial score (nSPS) is 12.1. The zero-order chi connectivity index (χ0) is 19.6. The van der Waals surface area contributed by atoms with E-state index in [-0.39, 0.29) is 18.2 Å². The molecule has 0 spiro atoms. The minimum absolute atomic E-state index is 0.111. The average molecular weight is 370 g/mol. The van der Waals surface area contributed by atoms with Gasteiger partial charge in [0.1, 0.15) is 0 Å². The van der Waals surface area contributed by atoms with Crippen LogP contribution in [-0.2, 0) is 4.79 Å². The predicted molar refractivity (Wildman–Crippen MR) is 101 cm³/mol. The second kappa shape index (κ2) is 7.49.